The van der Waals surface area contributed by atoms with Gasteiger partial charge >= 0.3 is 0 Å². The topological polar surface area (TPSA) is 54.8 Å². The second kappa shape index (κ2) is 8.32. The maximum absolute atomic E-state index is 10.3. The molecule has 1 saturated heterocycles. The van der Waals surface area contributed by atoms with Crippen LogP contribution < -0.4 is 9.47 Å². The summed E-state index contributed by atoms with van der Waals surface area (Å²) in [6.45, 7) is 6.71. The number of ether oxygens (including phenoxy) is 2. The zero-order chi connectivity index (χ0) is 17.6. The van der Waals surface area contributed by atoms with Crippen molar-refractivity contribution in [1.82, 2.24) is 9.88 Å². The third-order valence-electron chi connectivity index (χ3n) is 4.40. The molecular weight excluding hydrogens is 316 g/mol. The minimum Gasteiger partial charge on any atom is -0.491 e. The van der Waals surface area contributed by atoms with Crippen LogP contribution in [0.25, 0.3) is 0 Å². The van der Waals surface area contributed by atoms with E-state index in [9.17, 15) is 5.11 Å². The zero-order valence-corrected chi connectivity index (χ0v) is 14.9. The monoisotopic (exact) mass is 342 g/mol. The van der Waals surface area contributed by atoms with Crippen LogP contribution in [0.1, 0.15) is 17.5 Å². The predicted molar refractivity (Wildman–Crippen MR) is 97.1 cm³/mol. The Morgan fingerprint density at radius 3 is 2.96 bits per heavy atom. The Kier molecular flexibility index (Phi) is 5.89. The lowest BCUT2D eigenvalue weighted by molar-refractivity contribution is 0.0717. The lowest BCUT2D eigenvalue weighted by Gasteiger charge is -2.21. The molecule has 5 nitrogen and oxygen atoms in total. The van der Waals surface area contributed by atoms with E-state index < -0.39 is 6.10 Å². The fraction of sp³-hybridized carbons (Fsp3) is 0.450. The first-order valence-electron chi connectivity index (χ1n) is 8.77. The Morgan fingerprint density at radius 1 is 1.32 bits per heavy atom. The lowest BCUT2D eigenvalue weighted by atomic mass is 10.1. The maximum atomic E-state index is 10.3. The summed E-state index contributed by atoms with van der Waals surface area (Å²) in [6.07, 6.45) is 4.06. The molecule has 2 aromatic rings. The number of aryl methyl sites for hydroxylation is 2. The number of nitrogens with zero attached hydrogens (tertiary/aromatic N) is 2. The van der Waals surface area contributed by atoms with Crippen LogP contribution in [-0.2, 0) is 0 Å². The highest BCUT2D eigenvalue weighted by molar-refractivity contribution is 5.35. The van der Waals surface area contributed by atoms with Crippen molar-refractivity contribution < 1.29 is 14.6 Å². The van der Waals surface area contributed by atoms with Crippen molar-refractivity contribution in [3.63, 3.8) is 0 Å². The van der Waals surface area contributed by atoms with Crippen LogP contribution in [0.2, 0.25) is 0 Å². The number of rotatable bonds is 7. The molecule has 1 N–H and O–H groups in total. The average Bonchev–Trinajstić information content (AvgIpc) is 3.02. The van der Waals surface area contributed by atoms with Crippen LogP contribution in [0.5, 0.6) is 11.5 Å². The van der Waals surface area contributed by atoms with Gasteiger partial charge in [-0.15, -0.1) is 0 Å². The number of pyridine rings is 1. The van der Waals surface area contributed by atoms with Gasteiger partial charge in [0, 0.05) is 25.8 Å². The van der Waals surface area contributed by atoms with E-state index in [-0.39, 0.29) is 6.10 Å². The summed E-state index contributed by atoms with van der Waals surface area (Å²) in [4.78, 5) is 6.28. The molecule has 0 radical (unpaired) electrons. The molecule has 0 amide bonds. The third-order valence-corrected chi connectivity index (χ3v) is 4.40. The molecule has 0 saturated carbocycles. The van der Waals surface area contributed by atoms with Gasteiger partial charge in [0.1, 0.15) is 30.3 Å². The van der Waals surface area contributed by atoms with E-state index in [1.165, 1.54) is 5.56 Å². The van der Waals surface area contributed by atoms with E-state index in [0.717, 1.165) is 36.6 Å². The van der Waals surface area contributed by atoms with Crippen LogP contribution in [0.15, 0.2) is 42.7 Å². The van der Waals surface area contributed by atoms with Crippen LogP contribution in [0, 0.1) is 13.8 Å². The van der Waals surface area contributed by atoms with Crippen LogP contribution in [0.4, 0.5) is 0 Å². The Labute approximate surface area is 149 Å². The number of hydrogen-bond acceptors (Lipinski definition) is 5. The van der Waals surface area contributed by atoms with Crippen molar-refractivity contribution in [3.05, 3.63) is 53.9 Å². The molecule has 0 aliphatic carbocycles. The second-order valence-corrected chi connectivity index (χ2v) is 6.71. The summed E-state index contributed by atoms with van der Waals surface area (Å²) in [6, 6.07) is 9.86. The Bertz CT molecular complexity index is 678. The van der Waals surface area contributed by atoms with Gasteiger partial charge in [0.2, 0.25) is 0 Å². The molecule has 1 fully saturated rings. The van der Waals surface area contributed by atoms with Crippen molar-refractivity contribution in [2.75, 3.05) is 26.2 Å². The van der Waals surface area contributed by atoms with Crippen molar-refractivity contribution in [2.45, 2.75) is 32.5 Å². The minimum absolute atomic E-state index is 0.150. The molecule has 5 heteroatoms. The van der Waals surface area contributed by atoms with E-state index in [1.54, 1.807) is 12.4 Å². The highest BCUT2D eigenvalue weighted by Crippen LogP contribution is 2.20. The quantitative estimate of drug-likeness (QED) is 0.838. The van der Waals surface area contributed by atoms with Crippen molar-refractivity contribution in [2.24, 2.45) is 0 Å². The molecule has 0 spiro atoms. The summed E-state index contributed by atoms with van der Waals surface area (Å²) < 4.78 is 11.7. The number of β-amino-alcohol motifs (C(OH)–C–C–N with tert-alkyl or cyclic N) is 1. The molecule has 2 atom stereocenters. The van der Waals surface area contributed by atoms with Crippen LogP contribution in [-0.4, -0.2) is 53.4 Å². The van der Waals surface area contributed by atoms with Crippen LogP contribution in [0.3, 0.4) is 0 Å². The first kappa shape index (κ1) is 17.7. The van der Waals surface area contributed by atoms with Crippen molar-refractivity contribution in [3.8, 4) is 11.5 Å². The molecule has 134 valence electrons. The highest BCUT2D eigenvalue weighted by atomic mass is 16.5. The summed E-state index contributed by atoms with van der Waals surface area (Å²) in [5.41, 5.74) is 2.31. The Morgan fingerprint density at radius 2 is 2.20 bits per heavy atom. The molecule has 3 rings (SSSR count). The predicted octanol–water partition coefficient (Wildman–Crippen LogP) is 2.59. The average molecular weight is 342 g/mol. The summed E-state index contributed by atoms with van der Waals surface area (Å²) in [5, 5.41) is 10.3. The smallest absolute Gasteiger partial charge is 0.138 e. The van der Waals surface area contributed by atoms with E-state index in [0.29, 0.717) is 13.2 Å². The van der Waals surface area contributed by atoms with Gasteiger partial charge < -0.3 is 14.6 Å². The molecule has 2 heterocycles. The van der Waals surface area contributed by atoms with Gasteiger partial charge in [0.15, 0.2) is 0 Å². The number of aliphatic hydroxyl groups excluding tert-OH is 1. The van der Waals surface area contributed by atoms with E-state index >= 15 is 0 Å². The van der Waals surface area contributed by atoms with Gasteiger partial charge in [-0.05, 0) is 44.0 Å². The molecule has 1 aliphatic heterocycles. The van der Waals surface area contributed by atoms with E-state index in [1.807, 2.05) is 31.2 Å². The fourth-order valence-corrected chi connectivity index (χ4v) is 3.17. The highest BCUT2D eigenvalue weighted by Gasteiger charge is 2.25. The third kappa shape index (κ3) is 5.18. The van der Waals surface area contributed by atoms with E-state index in [4.69, 9.17) is 9.47 Å². The Balaban J connectivity index is 1.42. The SMILES string of the molecule is Cc1ccc(OCC(O)CN2CCC(Oc3cccnc3)C2)c(C)c1. The molecule has 1 aliphatic rings. The maximum Gasteiger partial charge on any atom is 0.138 e. The molecule has 1 aromatic heterocycles. The number of aromatic nitrogens is 1. The molecule has 25 heavy (non-hydrogen) atoms. The lowest BCUT2D eigenvalue weighted by Crippen LogP contribution is -2.35. The number of hydrogen-bond donors (Lipinski definition) is 1. The minimum atomic E-state index is -0.516. The van der Waals surface area contributed by atoms with Gasteiger partial charge in [-0.25, -0.2) is 0 Å². The molecule has 1 aromatic carbocycles. The van der Waals surface area contributed by atoms with Crippen molar-refractivity contribution >= 4 is 0 Å². The number of benzene rings is 1. The van der Waals surface area contributed by atoms with Gasteiger partial charge in [0.05, 0.1) is 6.20 Å². The normalized spacial score (nSPS) is 18.9. The summed E-state index contributed by atoms with van der Waals surface area (Å²) in [7, 11) is 0. The molecule has 2 unspecified atom stereocenters. The summed E-state index contributed by atoms with van der Waals surface area (Å²) in [5.74, 6) is 1.64. The summed E-state index contributed by atoms with van der Waals surface area (Å²) >= 11 is 0. The second-order valence-electron chi connectivity index (χ2n) is 6.71. The van der Waals surface area contributed by atoms with Gasteiger partial charge in [-0.1, -0.05) is 17.7 Å². The van der Waals surface area contributed by atoms with Gasteiger partial charge in [0.25, 0.3) is 0 Å². The Hall–Kier alpha value is -2.11. The van der Waals surface area contributed by atoms with Gasteiger partial charge in [-0.2, -0.15) is 0 Å². The number of aliphatic hydroxyl groups is 1. The molecule has 0 bridgehead atoms. The van der Waals surface area contributed by atoms with Crippen LogP contribution >= 0.6 is 0 Å². The zero-order valence-electron chi connectivity index (χ0n) is 14.9. The van der Waals surface area contributed by atoms with Crippen molar-refractivity contribution in [1.29, 1.82) is 0 Å². The first-order chi connectivity index (χ1) is 12.1. The van der Waals surface area contributed by atoms with Gasteiger partial charge in [-0.3, -0.25) is 9.88 Å². The first-order valence-corrected chi connectivity index (χ1v) is 8.77. The van der Waals surface area contributed by atoms with E-state index in [2.05, 4.69) is 22.9 Å². The number of likely N-dealkylation sites (tertiary alicyclic amines) is 1. The largest absolute Gasteiger partial charge is 0.491 e. The standard InChI is InChI=1S/C20H26N2O3/c1-15-5-6-20(16(2)10-15)24-14-17(23)12-22-9-7-19(13-22)25-18-4-3-8-21-11-18/h3-6,8,10-11,17,19,23H,7,9,12-14H2,1-2H3. The fourth-order valence-electron chi connectivity index (χ4n) is 3.17. The molecular formula is C20H26N2O3.